The van der Waals surface area contributed by atoms with Crippen molar-refractivity contribution in [2.45, 2.75) is 13.8 Å². The lowest BCUT2D eigenvalue weighted by molar-refractivity contribution is 0.406. The maximum absolute atomic E-state index is 13.8. The second-order valence-corrected chi connectivity index (χ2v) is 5.29. The van der Waals surface area contributed by atoms with Crippen LogP contribution in [0.3, 0.4) is 0 Å². The van der Waals surface area contributed by atoms with Gasteiger partial charge >= 0.3 is 0 Å². The minimum Gasteiger partial charge on any atom is -0.353 e. The zero-order valence-electron chi connectivity index (χ0n) is 11.3. The van der Waals surface area contributed by atoms with Crippen molar-refractivity contribution < 1.29 is 4.39 Å². The van der Waals surface area contributed by atoms with Gasteiger partial charge in [-0.3, -0.25) is 0 Å². The zero-order chi connectivity index (χ0) is 13.7. The minimum absolute atomic E-state index is 0.0741. The Morgan fingerprint density at radius 2 is 2.00 bits per heavy atom. The van der Waals surface area contributed by atoms with Crippen molar-refractivity contribution in [2.24, 2.45) is 5.92 Å². The van der Waals surface area contributed by atoms with E-state index in [0.29, 0.717) is 12.5 Å². The lowest BCUT2D eigenvalue weighted by Crippen LogP contribution is -2.35. The first-order chi connectivity index (χ1) is 8.40. The van der Waals surface area contributed by atoms with Gasteiger partial charge in [0.05, 0.1) is 6.20 Å². The van der Waals surface area contributed by atoms with Crippen LogP contribution >= 0.6 is 11.6 Å². The number of nitrogens with zero attached hydrogens (tertiary/aromatic N) is 4. The summed E-state index contributed by atoms with van der Waals surface area (Å²) in [5, 5.41) is 0.0741. The predicted molar refractivity (Wildman–Crippen MR) is 72.6 cm³/mol. The van der Waals surface area contributed by atoms with Crippen molar-refractivity contribution in [2.75, 3.05) is 38.6 Å². The first kappa shape index (κ1) is 15.1. The largest absolute Gasteiger partial charge is 0.353 e. The van der Waals surface area contributed by atoms with Crippen LogP contribution in [0, 0.1) is 11.7 Å². The molecule has 102 valence electrons. The Labute approximate surface area is 113 Å². The summed E-state index contributed by atoms with van der Waals surface area (Å²) in [7, 11) is 3.97. The van der Waals surface area contributed by atoms with Gasteiger partial charge in [-0.05, 0) is 31.6 Å². The lowest BCUT2D eigenvalue weighted by atomic mass is 10.2. The predicted octanol–water partition coefficient (Wildman–Crippen LogP) is 2.29. The first-order valence-corrected chi connectivity index (χ1v) is 6.35. The molecule has 0 spiro atoms. The van der Waals surface area contributed by atoms with Gasteiger partial charge in [-0.2, -0.15) is 4.98 Å². The number of hydrogen-bond acceptors (Lipinski definition) is 4. The molecular weight excluding hydrogens is 255 g/mol. The smallest absolute Gasteiger partial charge is 0.224 e. The van der Waals surface area contributed by atoms with Crippen molar-refractivity contribution in [3.63, 3.8) is 0 Å². The summed E-state index contributed by atoms with van der Waals surface area (Å²) in [5.41, 5.74) is 0. The van der Waals surface area contributed by atoms with Gasteiger partial charge in [0.1, 0.15) is 0 Å². The Hall–Kier alpha value is -0.940. The van der Waals surface area contributed by atoms with E-state index in [9.17, 15) is 4.39 Å². The molecule has 1 rings (SSSR count). The number of aromatic nitrogens is 2. The molecule has 1 heterocycles. The van der Waals surface area contributed by atoms with Gasteiger partial charge in [-0.15, -0.1) is 0 Å². The van der Waals surface area contributed by atoms with Crippen LogP contribution in [0.5, 0.6) is 0 Å². The fraction of sp³-hybridized carbons (Fsp3) is 0.667. The Morgan fingerprint density at radius 1 is 1.33 bits per heavy atom. The van der Waals surface area contributed by atoms with Crippen molar-refractivity contribution >= 4 is 17.4 Å². The lowest BCUT2D eigenvalue weighted by Gasteiger charge is -2.27. The number of halogens is 2. The van der Waals surface area contributed by atoms with Crippen molar-refractivity contribution in [1.29, 1.82) is 0 Å². The highest BCUT2D eigenvalue weighted by molar-refractivity contribution is 6.28. The van der Waals surface area contributed by atoms with E-state index in [-0.39, 0.29) is 11.1 Å². The van der Waals surface area contributed by atoms with Crippen LogP contribution in [0.15, 0.2) is 6.20 Å². The van der Waals surface area contributed by atoms with Crippen LogP contribution in [0.25, 0.3) is 0 Å². The van der Waals surface area contributed by atoms with E-state index in [1.54, 1.807) is 0 Å². The van der Waals surface area contributed by atoms with Gasteiger partial charge in [0, 0.05) is 19.6 Å². The van der Waals surface area contributed by atoms with Gasteiger partial charge in [-0.1, -0.05) is 13.8 Å². The van der Waals surface area contributed by atoms with E-state index in [1.165, 1.54) is 0 Å². The second-order valence-electron chi connectivity index (χ2n) is 4.95. The van der Waals surface area contributed by atoms with E-state index in [1.807, 2.05) is 23.9 Å². The number of hydrogen-bond donors (Lipinski definition) is 0. The van der Waals surface area contributed by atoms with E-state index < -0.39 is 5.82 Å². The Bertz CT molecular complexity index is 384. The molecule has 1 aromatic rings. The summed E-state index contributed by atoms with van der Waals surface area (Å²) in [4.78, 5) is 11.6. The molecule has 0 N–H and O–H groups in total. The molecule has 0 bridgehead atoms. The molecular formula is C12H20ClFN4. The summed E-state index contributed by atoms with van der Waals surface area (Å²) >= 11 is 5.73. The van der Waals surface area contributed by atoms with Crippen LogP contribution in [-0.4, -0.2) is 48.6 Å². The van der Waals surface area contributed by atoms with Gasteiger partial charge in [0.15, 0.2) is 11.6 Å². The molecule has 0 aliphatic carbocycles. The number of anilines is 1. The normalized spacial score (nSPS) is 11.3. The minimum atomic E-state index is -0.432. The zero-order valence-corrected chi connectivity index (χ0v) is 12.1. The highest BCUT2D eigenvalue weighted by Crippen LogP contribution is 2.18. The molecule has 0 atom stereocenters. The van der Waals surface area contributed by atoms with E-state index in [0.717, 1.165) is 19.3 Å². The second kappa shape index (κ2) is 6.85. The van der Waals surface area contributed by atoms with Crippen LogP contribution in [0.4, 0.5) is 10.2 Å². The Morgan fingerprint density at radius 3 is 2.56 bits per heavy atom. The van der Waals surface area contributed by atoms with Crippen LogP contribution in [0.2, 0.25) is 5.28 Å². The third kappa shape index (κ3) is 4.74. The van der Waals surface area contributed by atoms with Crippen LogP contribution in [-0.2, 0) is 0 Å². The summed E-state index contributed by atoms with van der Waals surface area (Å²) in [5.74, 6) is 0.268. The summed E-state index contributed by atoms with van der Waals surface area (Å²) in [6, 6.07) is 0. The molecule has 0 radical (unpaired) electrons. The fourth-order valence-corrected chi connectivity index (χ4v) is 1.73. The Balaban J connectivity index is 2.89. The third-order valence-corrected chi connectivity index (χ3v) is 2.58. The topological polar surface area (TPSA) is 32.3 Å². The highest BCUT2D eigenvalue weighted by Gasteiger charge is 2.16. The monoisotopic (exact) mass is 274 g/mol. The van der Waals surface area contributed by atoms with Gasteiger partial charge in [0.2, 0.25) is 5.28 Å². The van der Waals surface area contributed by atoms with Crippen LogP contribution < -0.4 is 4.90 Å². The maximum Gasteiger partial charge on any atom is 0.224 e. The molecule has 1 aromatic heterocycles. The molecule has 0 aromatic carbocycles. The van der Waals surface area contributed by atoms with E-state index >= 15 is 0 Å². The van der Waals surface area contributed by atoms with Crippen molar-refractivity contribution in [3.05, 3.63) is 17.3 Å². The summed E-state index contributed by atoms with van der Waals surface area (Å²) < 4.78 is 13.8. The molecule has 0 unspecified atom stereocenters. The summed E-state index contributed by atoms with van der Waals surface area (Å²) in [6.45, 7) is 6.44. The molecule has 0 amide bonds. The molecule has 0 aliphatic heterocycles. The molecule has 18 heavy (non-hydrogen) atoms. The molecule has 0 fully saturated rings. The average molecular weight is 275 g/mol. The molecule has 0 saturated carbocycles. The van der Waals surface area contributed by atoms with Gasteiger partial charge in [0.25, 0.3) is 0 Å². The standard InChI is InChI=1S/C12H20ClFN4/c1-9(2)8-18(6-5-17(3)4)11-10(14)7-15-12(13)16-11/h7,9H,5-6,8H2,1-4H3. The van der Waals surface area contributed by atoms with Gasteiger partial charge < -0.3 is 9.80 Å². The van der Waals surface area contributed by atoms with Crippen molar-refractivity contribution in [3.8, 4) is 0 Å². The molecule has 0 aliphatic rings. The van der Waals surface area contributed by atoms with Crippen molar-refractivity contribution in [1.82, 2.24) is 14.9 Å². The van der Waals surface area contributed by atoms with Crippen LogP contribution in [0.1, 0.15) is 13.8 Å². The maximum atomic E-state index is 13.8. The summed E-state index contributed by atoms with van der Waals surface area (Å²) in [6.07, 6.45) is 1.12. The SMILES string of the molecule is CC(C)CN(CCN(C)C)c1nc(Cl)ncc1F. The van der Waals surface area contributed by atoms with E-state index in [4.69, 9.17) is 11.6 Å². The number of rotatable bonds is 6. The average Bonchev–Trinajstić information content (AvgIpc) is 2.27. The van der Waals surface area contributed by atoms with E-state index in [2.05, 4.69) is 23.8 Å². The molecule has 0 saturated heterocycles. The number of likely N-dealkylation sites (N-methyl/N-ethyl adjacent to an activating group) is 1. The highest BCUT2D eigenvalue weighted by atomic mass is 35.5. The fourth-order valence-electron chi connectivity index (χ4n) is 1.60. The Kier molecular flexibility index (Phi) is 5.75. The third-order valence-electron chi connectivity index (χ3n) is 2.40. The molecule has 6 heteroatoms. The quantitative estimate of drug-likeness (QED) is 0.745. The van der Waals surface area contributed by atoms with Gasteiger partial charge in [-0.25, -0.2) is 9.37 Å². The molecule has 4 nitrogen and oxygen atoms in total. The first-order valence-electron chi connectivity index (χ1n) is 5.98.